The van der Waals surface area contributed by atoms with Crippen molar-refractivity contribution in [3.8, 4) is 22.4 Å². The number of methoxy groups -OCH3 is 1. The van der Waals surface area contributed by atoms with Crippen molar-refractivity contribution < 1.29 is 33.4 Å². The molecular formula is C55H72N8O7S. The van der Waals surface area contributed by atoms with Crippen LogP contribution in [0, 0.1) is 17.3 Å². The van der Waals surface area contributed by atoms with E-state index in [9.17, 15) is 24.0 Å². The molecule has 0 saturated carbocycles. The molecule has 2 aromatic heterocycles. The number of nitrogens with one attached hydrogen (secondary N) is 1. The fraction of sp³-hybridized carbons (Fsp3) is 0.527. The maximum Gasteiger partial charge on any atom is 0.326 e. The van der Waals surface area contributed by atoms with Crippen molar-refractivity contribution in [2.75, 3.05) is 54.0 Å². The molecule has 2 fully saturated rings. The standard InChI is InChI=1S/C55H72N8O7S/c1-11-47(64)60-24-20-38(31-60)52(66)59(9)49(33(3)4)51(65)57-44-26-35-15-13-16-36(25-35)37-18-19-45-40(27-37)42(29-55(6,7)32-70-54(68)46-17-14-22-62(53(44)67)63(46)71)50(61(45)12-2)41-28-39-30-58(8)23-21-43(39)56-48(41)34(5)69-10/h11,13,15-16,18-19,25,27-28,33-34,38,44,46,49,71H,1,12,14,17,20-24,26,29-32H2,2-10H3,(H,57,65)/t34-,38-,44?,46-,49-/m0/s1. The van der Waals surface area contributed by atoms with Gasteiger partial charge in [-0.3, -0.25) is 34.0 Å². The van der Waals surface area contributed by atoms with Gasteiger partial charge in [-0.1, -0.05) is 77.4 Å². The van der Waals surface area contributed by atoms with Crippen LogP contribution < -0.4 is 5.32 Å². The van der Waals surface area contributed by atoms with Crippen LogP contribution in [0.3, 0.4) is 0 Å². The number of amides is 4. The summed E-state index contributed by atoms with van der Waals surface area (Å²) in [5.74, 6) is -2.69. The van der Waals surface area contributed by atoms with E-state index in [1.807, 2.05) is 26.0 Å². The molecule has 4 aliphatic heterocycles. The molecule has 4 aromatic rings. The van der Waals surface area contributed by atoms with Crippen molar-refractivity contribution in [1.29, 1.82) is 0 Å². The summed E-state index contributed by atoms with van der Waals surface area (Å²) in [6.07, 6.45) is 3.93. The molecule has 15 nitrogen and oxygen atoms in total. The molecule has 0 radical (unpaired) electrons. The SMILES string of the molecule is C=CC(=O)N1CC[C@H](C(=O)N(C)[C@H](C(=O)NC2Cc3cccc(c3)-c3ccc4c(c3)c(c(-c3cc5c(nc3[C@H](C)OC)CCN(C)C5)n4CC)CC(C)(C)COC(=O)[C@@H]3CCCN(C2=O)N3S)C(C)C)C1. The third-order valence-electron chi connectivity index (χ3n) is 15.0. The average Bonchev–Trinajstić information content (AvgIpc) is 3.96. The van der Waals surface area contributed by atoms with Gasteiger partial charge in [-0.05, 0) is 105 Å². The van der Waals surface area contributed by atoms with Crippen LogP contribution in [0.4, 0.5) is 0 Å². The first-order valence-electron chi connectivity index (χ1n) is 25.3. The lowest BCUT2D eigenvalue weighted by molar-refractivity contribution is -0.164. The van der Waals surface area contributed by atoms with Crippen molar-refractivity contribution in [3.63, 3.8) is 0 Å². The van der Waals surface area contributed by atoms with E-state index in [4.69, 9.17) is 27.3 Å². The second kappa shape index (κ2) is 21.3. The third-order valence-corrected chi connectivity index (χ3v) is 15.5. The van der Waals surface area contributed by atoms with Crippen LogP contribution in [0.5, 0.6) is 0 Å². The number of hydrazine groups is 1. The maximum atomic E-state index is 15.0. The molecule has 1 unspecified atom stereocenters. The number of thiol groups is 1. The van der Waals surface area contributed by atoms with E-state index in [1.165, 1.54) is 26.0 Å². The Bertz CT molecular complexity index is 2720. The smallest absolute Gasteiger partial charge is 0.326 e. The fourth-order valence-corrected chi connectivity index (χ4v) is 11.6. The van der Waals surface area contributed by atoms with Crippen molar-refractivity contribution >= 4 is 53.3 Å². The van der Waals surface area contributed by atoms with Gasteiger partial charge in [-0.25, -0.2) is 0 Å². The second-order valence-electron chi connectivity index (χ2n) is 21.2. The maximum absolute atomic E-state index is 15.0. The molecule has 71 heavy (non-hydrogen) atoms. The number of esters is 1. The van der Waals surface area contributed by atoms with Gasteiger partial charge < -0.3 is 34.1 Å². The summed E-state index contributed by atoms with van der Waals surface area (Å²) in [6, 6.07) is 14.1. The first kappa shape index (κ1) is 51.8. The summed E-state index contributed by atoms with van der Waals surface area (Å²) in [7, 11) is 5.48. The van der Waals surface area contributed by atoms with Gasteiger partial charge in [0.15, 0.2) is 0 Å². The van der Waals surface area contributed by atoms with Gasteiger partial charge in [0.05, 0.1) is 30.0 Å². The lowest BCUT2D eigenvalue weighted by atomic mass is 9.83. The second-order valence-corrected chi connectivity index (χ2v) is 21.6. The van der Waals surface area contributed by atoms with Crippen LogP contribution in [-0.2, 0) is 65.8 Å². The topological polar surface area (TPSA) is 150 Å². The van der Waals surface area contributed by atoms with Gasteiger partial charge >= 0.3 is 5.97 Å². The van der Waals surface area contributed by atoms with Gasteiger partial charge in [-0.15, -0.1) is 0 Å². The highest BCUT2D eigenvalue weighted by Gasteiger charge is 2.42. The van der Waals surface area contributed by atoms with Crippen LogP contribution in [0.2, 0.25) is 0 Å². The molecule has 6 heterocycles. The highest BCUT2D eigenvalue weighted by atomic mass is 32.1. The Labute approximate surface area is 424 Å². The number of hydrogen-bond donors (Lipinski definition) is 2. The minimum Gasteiger partial charge on any atom is -0.464 e. The van der Waals surface area contributed by atoms with Crippen molar-refractivity contribution in [2.24, 2.45) is 17.3 Å². The quantitative estimate of drug-likeness (QED) is 0.0987. The number of rotatable bonds is 10. The lowest BCUT2D eigenvalue weighted by Gasteiger charge is -2.41. The number of likely N-dealkylation sites (tertiary alicyclic amines) is 1. The number of hydrogen-bond acceptors (Lipinski definition) is 11. The molecule has 0 spiro atoms. The van der Waals surface area contributed by atoms with E-state index in [0.29, 0.717) is 38.8 Å². The minimum absolute atomic E-state index is 0.109. The average molecular weight is 989 g/mol. The number of cyclic esters (lactones) is 1. The zero-order chi connectivity index (χ0) is 51.1. The normalized spacial score (nSPS) is 21.9. The Balaban J connectivity index is 1.22. The number of pyridine rings is 1. The Kier molecular flexibility index (Phi) is 15.5. The largest absolute Gasteiger partial charge is 0.464 e. The molecule has 1 N–H and O–H groups in total. The first-order chi connectivity index (χ1) is 33.8. The predicted molar refractivity (Wildman–Crippen MR) is 278 cm³/mol. The summed E-state index contributed by atoms with van der Waals surface area (Å²) < 4.78 is 16.0. The Morgan fingerprint density at radius 2 is 1.82 bits per heavy atom. The predicted octanol–water partition coefficient (Wildman–Crippen LogP) is 6.81. The highest BCUT2D eigenvalue weighted by molar-refractivity contribution is 7.77. The van der Waals surface area contributed by atoms with Crippen molar-refractivity contribution in [2.45, 2.75) is 117 Å². The zero-order valence-electron chi connectivity index (χ0n) is 43.0. The number of nitrogens with zero attached hydrogens (tertiary/aromatic N) is 7. The molecule has 4 aliphatic rings. The number of benzene rings is 2. The van der Waals surface area contributed by atoms with Gasteiger partial charge in [0.25, 0.3) is 5.91 Å². The fourth-order valence-electron chi connectivity index (χ4n) is 11.2. The Morgan fingerprint density at radius 1 is 1.06 bits per heavy atom. The summed E-state index contributed by atoms with van der Waals surface area (Å²) in [5, 5.41) is 5.60. The summed E-state index contributed by atoms with van der Waals surface area (Å²) >= 11 is 4.81. The van der Waals surface area contributed by atoms with Gasteiger partial charge in [0.1, 0.15) is 18.1 Å². The number of ether oxygens (including phenoxy) is 2. The molecule has 4 amide bonds. The van der Waals surface area contributed by atoms with Gasteiger partial charge in [0, 0.05) is 93.8 Å². The Hall–Kier alpha value is -5.55. The van der Waals surface area contributed by atoms with Gasteiger partial charge in [-0.2, -0.15) is 4.41 Å². The van der Waals surface area contributed by atoms with Crippen molar-refractivity contribution in [1.82, 2.24) is 39.0 Å². The number of aryl methyl sites for hydroxylation is 1. The van der Waals surface area contributed by atoms with E-state index >= 15 is 0 Å². The first-order valence-corrected chi connectivity index (χ1v) is 25.7. The molecular weight excluding hydrogens is 917 g/mol. The third kappa shape index (κ3) is 10.5. The van der Waals surface area contributed by atoms with E-state index in [2.05, 4.69) is 92.5 Å². The summed E-state index contributed by atoms with van der Waals surface area (Å²) in [4.78, 5) is 81.0. The van der Waals surface area contributed by atoms with Gasteiger partial charge in [0.2, 0.25) is 17.7 Å². The lowest BCUT2D eigenvalue weighted by Crippen LogP contribution is -2.61. The van der Waals surface area contributed by atoms with E-state index in [0.717, 1.165) is 75.3 Å². The molecule has 16 heteroatoms. The molecule has 0 aliphatic carbocycles. The van der Waals surface area contributed by atoms with Crippen molar-refractivity contribution in [3.05, 3.63) is 89.3 Å². The monoisotopic (exact) mass is 989 g/mol. The molecule has 8 rings (SSSR count). The molecule has 380 valence electrons. The number of likely N-dealkylation sites (N-methyl/N-ethyl adjacent to an activating group) is 2. The van der Waals surface area contributed by atoms with E-state index in [1.54, 1.807) is 19.1 Å². The summed E-state index contributed by atoms with van der Waals surface area (Å²) in [5.41, 5.74) is 9.71. The molecule has 6 bridgehead atoms. The number of fused-ring (bicyclic) bond motifs is 7. The number of carbonyl (C=O) groups is 5. The minimum atomic E-state index is -1.10. The molecule has 5 atom stereocenters. The number of aromatic nitrogens is 2. The van der Waals surface area contributed by atoms with Crippen LogP contribution in [0.15, 0.2) is 61.2 Å². The molecule has 2 saturated heterocycles. The highest BCUT2D eigenvalue weighted by Crippen LogP contribution is 2.43. The van der Waals surface area contributed by atoms with E-state index in [-0.39, 0.29) is 50.0 Å². The zero-order valence-corrected chi connectivity index (χ0v) is 43.9. The van der Waals surface area contributed by atoms with E-state index < -0.39 is 47.2 Å². The van der Waals surface area contributed by atoms with Crippen LogP contribution in [0.1, 0.15) is 95.0 Å². The van der Waals surface area contributed by atoms with Crippen LogP contribution in [0.25, 0.3) is 33.3 Å². The summed E-state index contributed by atoms with van der Waals surface area (Å²) in [6.45, 7) is 19.3. The molecule has 2 aromatic carbocycles. The van der Waals surface area contributed by atoms with Crippen LogP contribution >= 0.6 is 12.8 Å². The number of carbonyl (C=O) groups excluding carboxylic acids is 5. The van der Waals surface area contributed by atoms with Crippen LogP contribution in [-0.4, -0.2) is 135 Å². The Morgan fingerprint density at radius 3 is 2.54 bits per heavy atom.